The number of carbonyl (C=O) groups excluding carboxylic acids is 2. The van der Waals surface area contributed by atoms with Gasteiger partial charge < -0.3 is 15.4 Å². The van der Waals surface area contributed by atoms with Gasteiger partial charge in [0, 0.05) is 24.9 Å². The third kappa shape index (κ3) is 5.48. The Morgan fingerprint density at radius 3 is 2.33 bits per heavy atom. The van der Waals surface area contributed by atoms with Gasteiger partial charge in [0.1, 0.15) is 5.82 Å². The molecule has 0 spiro atoms. The second kappa shape index (κ2) is 8.79. The molecule has 0 aromatic heterocycles. The first-order valence-corrected chi connectivity index (χ1v) is 7.50. The largest absolute Gasteiger partial charge is 0.383 e. The molecule has 2 aromatic carbocycles. The fourth-order valence-electron chi connectivity index (χ4n) is 2.05. The number of halogens is 1. The summed E-state index contributed by atoms with van der Waals surface area (Å²) in [6.45, 7) is 0.946. The Hall–Kier alpha value is -2.73. The molecule has 0 bridgehead atoms. The van der Waals surface area contributed by atoms with Crippen LogP contribution in [-0.4, -0.2) is 32.1 Å². The van der Waals surface area contributed by atoms with Crippen molar-refractivity contribution in [2.45, 2.75) is 6.42 Å². The van der Waals surface area contributed by atoms with Gasteiger partial charge in [-0.1, -0.05) is 12.1 Å². The van der Waals surface area contributed by atoms with Crippen molar-refractivity contribution in [1.82, 2.24) is 5.32 Å². The summed E-state index contributed by atoms with van der Waals surface area (Å²) in [6.07, 6.45) is 0.260. The van der Waals surface area contributed by atoms with E-state index in [1.165, 1.54) is 24.3 Å². The van der Waals surface area contributed by atoms with Crippen molar-refractivity contribution in [2.24, 2.45) is 0 Å². The number of methoxy groups -OCH3 is 1. The molecule has 0 radical (unpaired) electrons. The van der Waals surface area contributed by atoms with Crippen LogP contribution >= 0.6 is 0 Å². The maximum absolute atomic E-state index is 12.9. The minimum Gasteiger partial charge on any atom is -0.383 e. The second-order valence-electron chi connectivity index (χ2n) is 5.18. The topological polar surface area (TPSA) is 67.4 Å². The van der Waals surface area contributed by atoms with Crippen LogP contribution < -0.4 is 10.6 Å². The van der Waals surface area contributed by atoms with E-state index in [0.29, 0.717) is 24.4 Å². The van der Waals surface area contributed by atoms with Gasteiger partial charge in [-0.2, -0.15) is 0 Å². The van der Waals surface area contributed by atoms with Gasteiger partial charge >= 0.3 is 0 Å². The summed E-state index contributed by atoms with van der Waals surface area (Å²) in [5.41, 5.74) is 1.82. The molecule has 126 valence electrons. The maximum atomic E-state index is 12.9. The average molecular weight is 330 g/mol. The van der Waals surface area contributed by atoms with Gasteiger partial charge in [0.2, 0.25) is 5.91 Å². The molecule has 2 aromatic rings. The van der Waals surface area contributed by atoms with Gasteiger partial charge in [0.05, 0.1) is 13.0 Å². The summed E-state index contributed by atoms with van der Waals surface area (Å²) < 4.78 is 17.7. The third-order valence-electron chi connectivity index (χ3n) is 3.31. The molecule has 0 aliphatic heterocycles. The summed E-state index contributed by atoms with van der Waals surface area (Å²) in [7, 11) is 1.57. The summed E-state index contributed by atoms with van der Waals surface area (Å²) in [5.74, 6) is -0.796. The summed E-state index contributed by atoms with van der Waals surface area (Å²) >= 11 is 0. The Morgan fingerprint density at radius 1 is 1.04 bits per heavy atom. The number of anilines is 1. The zero-order valence-corrected chi connectivity index (χ0v) is 13.3. The van der Waals surface area contributed by atoms with Crippen molar-refractivity contribution in [3.8, 4) is 0 Å². The van der Waals surface area contributed by atoms with E-state index in [4.69, 9.17) is 4.74 Å². The standard InChI is InChI=1S/C18H19FN2O3/c1-24-11-10-20-17(22)12-13-2-8-16(9-3-13)21-18(23)14-4-6-15(19)7-5-14/h2-9H,10-12H2,1H3,(H,20,22)(H,21,23). The van der Waals surface area contributed by atoms with Crippen molar-refractivity contribution in [3.05, 3.63) is 65.5 Å². The lowest BCUT2D eigenvalue weighted by Crippen LogP contribution is -2.28. The van der Waals surface area contributed by atoms with Gasteiger partial charge in [0.15, 0.2) is 0 Å². The highest BCUT2D eigenvalue weighted by Crippen LogP contribution is 2.12. The molecule has 5 nitrogen and oxygen atoms in total. The highest BCUT2D eigenvalue weighted by atomic mass is 19.1. The molecular formula is C18H19FN2O3. The number of carbonyl (C=O) groups is 2. The minimum atomic E-state index is -0.389. The predicted molar refractivity (Wildman–Crippen MR) is 89.4 cm³/mol. The van der Waals surface area contributed by atoms with E-state index < -0.39 is 0 Å². The number of benzene rings is 2. The van der Waals surface area contributed by atoms with Crippen LogP contribution in [-0.2, 0) is 16.0 Å². The fourth-order valence-corrected chi connectivity index (χ4v) is 2.05. The molecule has 0 saturated heterocycles. The third-order valence-corrected chi connectivity index (χ3v) is 3.31. The molecule has 0 atom stereocenters. The number of rotatable bonds is 7. The Kier molecular flexibility index (Phi) is 6.45. The molecule has 0 unspecified atom stereocenters. The van der Waals surface area contributed by atoms with Crippen LogP contribution in [0.5, 0.6) is 0 Å². The molecule has 0 fully saturated rings. The molecule has 0 aliphatic carbocycles. The maximum Gasteiger partial charge on any atom is 0.255 e. The Morgan fingerprint density at radius 2 is 1.71 bits per heavy atom. The lowest BCUT2D eigenvalue weighted by molar-refractivity contribution is -0.120. The quantitative estimate of drug-likeness (QED) is 0.766. The van der Waals surface area contributed by atoms with Crippen molar-refractivity contribution < 1.29 is 18.7 Å². The zero-order valence-electron chi connectivity index (χ0n) is 13.3. The fraction of sp³-hybridized carbons (Fsp3) is 0.222. The van der Waals surface area contributed by atoms with Crippen molar-refractivity contribution >= 4 is 17.5 Å². The van der Waals surface area contributed by atoms with Crippen molar-refractivity contribution in [3.63, 3.8) is 0 Å². The first-order valence-electron chi connectivity index (χ1n) is 7.50. The van der Waals surface area contributed by atoms with Crippen LogP contribution in [0.2, 0.25) is 0 Å². The Balaban J connectivity index is 1.88. The van der Waals surface area contributed by atoms with Crippen molar-refractivity contribution in [2.75, 3.05) is 25.6 Å². The van der Waals surface area contributed by atoms with E-state index in [9.17, 15) is 14.0 Å². The summed E-state index contributed by atoms with van der Waals surface area (Å²) in [4.78, 5) is 23.7. The molecule has 6 heteroatoms. The lowest BCUT2D eigenvalue weighted by Gasteiger charge is -2.07. The molecule has 2 amide bonds. The van der Waals surface area contributed by atoms with Gasteiger partial charge in [-0.15, -0.1) is 0 Å². The number of nitrogens with one attached hydrogen (secondary N) is 2. The van der Waals surface area contributed by atoms with Crippen LogP contribution in [0.15, 0.2) is 48.5 Å². The first-order chi connectivity index (χ1) is 11.6. The molecule has 0 heterocycles. The number of ether oxygens (including phenoxy) is 1. The van der Waals surface area contributed by atoms with E-state index in [1.54, 1.807) is 31.4 Å². The monoisotopic (exact) mass is 330 g/mol. The lowest BCUT2D eigenvalue weighted by atomic mass is 10.1. The molecule has 2 N–H and O–H groups in total. The molecule has 24 heavy (non-hydrogen) atoms. The van der Waals surface area contributed by atoms with Gasteiger partial charge in [0.25, 0.3) is 5.91 Å². The summed E-state index contributed by atoms with van der Waals surface area (Å²) in [6, 6.07) is 12.3. The predicted octanol–water partition coefficient (Wildman–Crippen LogP) is 2.38. The van der Waals surface area contributed by atoms with E-state index in [2.05, 4.69) is 10.6 Å². The molecule has 0 saturated carbocycles. The van der Waals surface area contributed by atoms with E-state index in [0.717, 1.165) is 5.56 Å². The van der Waals surface area contributed by atoms with Crippen LogP contribution in [0.25, 0.3) is 0 Å². The number of hydrogen-bond acceptors (Lipinski definition) is 3. The van der Waals surface area contributed by atoms with Gasteiger partial charge in [-0.25, -0.2) is 4.39 Å². The van der Waals surface area contributed by atoms with Crippen molar-refractivity contribution in [1.29, 1.82) is 0 Å². The normalized spacial score (nSPS) is 10.2. The number of hydrogen-bond donors (Lipinski definition) is 2. The highest BCUT2D eigenvalue weighted by Gasteiger charge is 2.07. The van der Waals surface area contributed by atoms with E-state index in [-0.39, 0.29) is 24.1 Å². The van der Waals surface area contributed by atoms with E-state index >= 15 is 0 Å². The van der Waals surface area contributed by atoms with E-state index in [1.807, 2.05) is 0 Å². The first kappa shape index (κ1) is 17.6. The molecule has 2 rings (SSSR count). The smallest absolute Gasteiger partial charge is 0.255 e. The van der Waals surface area contributed by atoms with Gasteiger partial charge in [-0.05, 0) is 42.0 Å². The minimum absolute atomic E-state index is 0.0878. The molecular weight excluding hydrogens is 311 g/mol. The van der Waals surface area contributed by atoms with Gasteiger partial charge in [-0.3, -0.25) is 9.59 Å². The average Bonchev–Trinajstić information content (AvgIpc) is 2.57. The zero-order chi connectivity index (χ0) is 17.4. The summed E-state index contributed by atoms with van der Waals surface area (Å²) in [5, 5.41) is 5.46. The van der Waals surface area contributed by atoms with Crippen LogP contribution in [0.4, 0.5) is 10.1 Å². The molecule has 0 aliphatic rings. The Labute approximate surface area is 139 Å². The number of amides is 2. The van der Waals surface area contributed by atoms with Crippen LogP contribution in [0.3, 0.4) is 0 Å². The van der Waals surface area contributed by atoms with Crippen LogP contribution in [0, 0.1) is 5.82 Å². The SMILES string of the molecule is COCCNC(=O)Cc1ccc(NC(=O)c2ccc(F)cc2)cc1. The highest BCUT2D eigenvalue weighted by molar-refractivity contribution is 6.04. The van der Waals surface area contributed by atoms with Crippen LogP contribution in [0.1, 0.15) is 15.9 Å². The Bertz CT molecular complexity index is 684. The second-order valence-corrected chi connectivity index (χ2v) is 5.18.